The van der Waals surface area contributed by atoms with Crippen molar-refractivity contribution in [1.82, 2.24) is 0 Å². The van der Waals surface area contributed by atoms with Crippen LogP contribution in [0.4, 0.5) is 15.8 Å². The Kier molecular flexibility index (Phi) is 5.32. The van der Waals surface area contributed by atoms with E-state index in [9.17, 15) is 14.3 Å². The summed E-state index contributed by atoms with van der Waals surface area (Å²) in [6.45, 7) is 1.68. The number of rotatable bonds is 6. The number of benzene rings is 3. The number of carboxylic acids is 1. The van der Waals surface area contributed by atoms with E-state index in [2.05, 4.69) is 17.4 Å². The molecule has 0 aliphatic carbocycles. The lowest BCUT2D eigenvalue weighted by Crippen LogP contribution is -2.04. The smallest absolute Gasteiger partial charge is 0.337 e. The fourth-order valence-corrected chi connectivity index (χ4v) is 2.85. The van der Waals surface area contributed by atoms with Crippen LogP contribution in [0.2, 0.25) is 0 Å². The molecule has 0 spiro atoms. The van der Waals surface area contributed by atoms with Gasteiger partial charge in [0.25, 0.3) is 0 Å². The summed E-state index contributed by atoms with van der Waals surface area (Å²) in [6, 6.07) is 20.1. The molecule has 0 saturated carbocycles. The molecule has 132 valence electrons. The minimum atomic E-state index is -0.999. The first-order chi connectivity index (χ1) is 12.5. The maximum atomic E-state index is 13.4. The van der Waals surface area contributed by atoms with Gasteiger partial charge in [-0.05, 0) is 66.8 Å². The second-order valence-electron chi connectivity index (χ2n) is 6.26. The molecule has 3 aromatic rings. The number of aromatic carboxylic acids is 1. The third-order valence-corrected chi connectivity index (χ3v) is 4.30. The highest BCUT2D eigenvalue weighted by molar-refractivity contribution is 5.95. The van der Waals surface area contributed by atoms with E-state index in [1.807, 2.05) is 30.3 Å². The summed E-state index contributed by atoms with van der Waals surface area (Å²) in [7, 11) is 0. The SMILES string of the molecule is Cc1cc(Nc2cc(CCc3ccccc3)ccc2C(=O)O)ccc1F. The van der Waals surface area contributed by atoms with Gasteiger partial charge < -0.3 is 10.4 Å². The van der Waals surface area contributed by atoms with Gasteiger partial charge in [0.2, 0.25) is 0 Å². The van der Waals surface area contributed by atoms with Gasteiger partial charge in [0.1, 0.15) is 5.82 Å². The first-order valence-electron chi connectivity index (χ1n) is 8.46. The molecular weight excluding hydrogens is 329 g/mol. The van der Waals surface area contributed by atoms with Crippen molar-refractivity contribution in [3.05, 3.63) is 94.8 Å². The van der Waals surface area contributed by atoms with Crippen LogP contribution in [0.15, 0.2) is 66.7 Å². The van der Waals surface area contributed by atoms with Crippen molar-refractivity contribution in [3.63, 3.8) is 0 Å². The fourth-order valence-electron chi connectivity index (χ4n) is 2.85. The fraction of sp³-hybridized carbons (Fsp3) is 0.136. The number of anilines is 2. The van der Waals surface area contributed by atoms with E-state index < -0.39 is 5.97 Å². The van der Waals surface area contributed by atoms with Crippen LogP contribution in [0, 0.1) is 12.7 Å². The lowest BCUT2D eigenvalue weighted by atomic mass is 10.0. The van der Waals surface area contributed by atoms with Gasteiger partial charge in [-0.3, -0.25) is 0 Å². The Balaban J connectivity index is 1.84. The first-order valence-corrected chi connectivity index (χ1v) is 8.46. The van der Waals surface area contributed by atoms with Crippen LogP contribution in [0.25, 0.3) is 0 Å². The normalized spacial score (nSPS) is 10.5. The maximum absolute atomic E-state index is 13.4. The zero-order valence-corrected chi connectivity index (χ0v) is 14.5. The molecule has 0 bridgehead atoms. The van der Waals surface area contributed by atoms with Gasteiger partial charge in [0, 0.05) is 5.69 Å². The number of carboxylic acid groups (broad SMARTS) is 1. The van der Waals surface area contributed by atoms with E-state index in [0.29, 0.717) is 16.9 Å². The minimum Gasteiger partial charge on any atom is -0.478 e. The van der Waals surface area contributed by atoms with E-state index in [-0.39, 0.29) is 11.4 Å². The number of halogens is 1. The minimum absolute atomic E-state index is 0.190. The van der Waals surface area contributed by atoms with E-state index in [1.165, 1.54) is 11.6 Å². The molecule has 0 aromatic heterocycles. The lowest BCUT2D eigenvalue weighted by molar-refractivity contribution is 0.0698. The van der Waals surface area contributed by atoms with E-state index in [1.54, 1.807) is 25.1 Å². The zero-order chi connectivity index (χ0) is 18.5. The average molecular weight is 349 g/mol. The zero-order valence-electron chi connectivity index (χ0n) is 14.5. The summed E-state index contributed by atoms with van der Waals surface area (Å²) >= 11 is 0. The Hall–Kier alpha value is -3.14. The van der Waals surface area contributed by atoms with Gasteiger partial charge in [-0.15, -0.1) is 0 Å². The molecule has 3 rings (SSSR count). The molecule has 0 aliphatic heterocycles. The molecule has 0 aliphatic rings. The molecule has 3 nitrogen and oxygen atoms in total. The van der Waals surface area contributed by atoms with Crippen molar-refractivity contribution in [1.29, 1.82) is 0 Å². The standard InChI is InChI=1S/C22H20FNO2/c1-15-13-18(10-12-20(15)23)24-21-14-17(9-11-19(21)22(25)26)8-7-16-5-3-2-4-6-16/h2-6,9-14,24H,7-8H2,1H3,(H,25,26). The van der Waals surface area contributed by atoms with Crippen molar-refractivity contribution < 1.29 is 14.3 Å². The number of aryl methyl sites for hydroxylation is 3. The highest BCUT2D eigenvalue weighted by atomic mass is 19.1. The molecule has 0 saturated heterocycles. The van der Waals surface area contributed by atoms with Crippen molar-refractivity contribution in [2.45, 2.75) is 19.8 Å². The summed E-state index contributed by atoms with van der Waals surface area (Å²) in [5.41, 5.74) is 4.14. The van der Waals surface area contributed by atoms with E-state index in [0.717, 1.165) is 18.4 Å². The molecule has 0 atom stereocenters. The topological polar surface area (TPSA) is 49.3 Å². The molecule has 4 heteroatoms. The van der Waals surface area contributed by atoms with Gasteiger partial charge in [0.05, 0.1) is 11.3 Å². The predicted molar refractivity (Wildman–Crippen MR) is 102 cm³/mol. The quantitative estimate of drug-likeness (QED) is 0.630. The number of hydrogen-bond acceptors (Lipinski definition) is 2. The van der Waals surface area contributed by atoms with Crippen molar-refractivity contribution in [3.8, 4) is 0 Å². The molecular formula is C22H20FNO2. The van der Waals surface area contributed by atoms with E-state index >= 15 is 0 Å². The van der Waals surface area contributed by atoms with Gasteiger partial charge >= 0.3 is 5.97 Å². The molecule has 0 fully saturated rings. The molecule has 26 heavy (non-hydrogen) atoms. The van der Waals surface area contributed by atoms with Crippen LogP contribution >= 0.6 is 0 Å². The Morgan fingerprint density at radius 2 is 1.69 bits per heavy atom. The molecule has 2 N–H and O–H groups in total. The number of nitrogens with one attached hydrogen (secondary N) is 1. The largest absolute Gasteiger partial charge is 0.478 e. The molecule has 0 heterocycles. The monoisotopic (exact) mass is 349 g/mol. The summed E-state index contributed by atoms with van der Waals surface area (Å²) in [5, 5.41) is 12.6. The summed E-state index contributed by atoms with van der Waals surface area (Å²) < 4.78 is 13.4. The summed E-state index contributed by atoms with van der Waals surface area (Å²) in [6.07, 6.45) is 1.68. The van der Waals surface area contributed by atoms with Crippen LogP contribution in [0.3, 0.4) is 0 Å². The van der Waals surface area contributed by atoms with Crippen LogP contribution in [-0.2, 0) is 12.8 Å². The van der Waals surface area contributed by atoms with Gasteiger partial charge in [-0.1, -0.05) is 36.4 Å². The van der Waals surface area contributed by atoms with Crippen LogP contribution in [0.1, 0.15) is 27.0 Å². The predicted octanol–water partition coefficient (Wildman–Crippen LogP) is 5.36. The van der Waals surface area contributed by atoms with Crippen LogP contribution < -0.4 is 5.32 Å². The summed E-state index contributed by atoms with van der Waals surface area (Å²) in [4.78, 5) is 11.5. The maximum Gasteiger partial charge on any atom is 0.337 e. The van der Waals surface area contributed by atoms with Crippen molar-refractivity contribution in [2.75, 3.05) is 5.32 Å². The lowest BCUT2D eigenvalue weighted by Gasteiger charge is -2.13. The second-order valence-corrected chi connectivity index (χ2v) is 6.26. The third-order valence-electron chi connectivity index (χ3n) is 4.30. The van der Waals surface area contributed by atoms with Crippen LogP contribution in [0.5, 0.6) is 0 Å². The average Bonchev–Trinajstić information content (AvgIpc) is 2.64. The first kappa shape index (κ1) is 17.7. The highest BCUT2D eigenvalue weighted by Crippen LogP contribution is 2.25. The second kappa shape index (κ2) is 7.83. The van der Waals surface area contributed by atoms with Crippen molar-refractivity contribution >= 4 is 17.3 Å². The summed E-state index contributed by atoms with van der Waals surface area (Å²) in [5.74, 6) is -1.29. The third kappa shape index (κ3) is 4.28. The van der Waals surface area contributed by atoms with Gasteiger partial charge in [0.15, 0.2) is 0 Å². The Bertz CT molecular complexity index is 923. The molecule has 3 aromatic carbocycles. The molecule has 0 radical (unpaired) electrons. The Labute approximate surface area is 152 Å². The number of hydrogen-bond donors (Lipinski definition) is 2. The van der Waals surface area contributed by atoms with E-state index in [4.69, 9.17) is 0 Å². The Morgan fingerprint density at radius 1 is 0.962 bits per heavy atom. The molecule has 0 amide bonds. The van der Waals surface area contributed by atoms with Crippen LogP contribution in [-0.4, -0.2) is 11.1 Å². The number of carbonyl (C=O) groups is 1. The highest BCUT2D eigenvalue weighted by Gasteiger charge is 2.12. The van der Waals surface area contributed by atoms with Crippen molar-refractivity contribution in [2.24, 2.45) is 0 Å². The Morgan fingerprint density at radius 3 is 2.38 bits per heavy atom. The molecule has 0 unspecified atom stereocenters. The van der Waals surface area contributed by atoms with Gasteiger partial charge in [-0.2, -0.15) is 0 Å². The van der Waals surface area contributed by atoms with Gasteiger partial charge in [-0.25, -0.2) is 9.18 Å².